The second kappa shape index (κ2) is 13.4. The molecular formula is C17H38ClN3. The van der Waals surface area contributed by atoms with Gasteiger partial charge in [-0.05, 0) is 40.5 Å². The van der Waals surface area contributed by atoms with Crippen LogP contribution in [0.5, 0.6) is 0 Å². The fourth-order valence-electron chi connectivity index (χ4n) is 2.89. The quantitative estimate of drug-likeness (QED) is 0.335. The first-order valence-corrected chi connectivity index (χ1v) is 8.81. The SMILES string of the molecule is CCCC[N+](CC)(CCCC)C(=NCC)N(CC)CC.[Cl-]. The number of quaternary nitrogens is 1. The number of guanidine groups is 1. The number of aliphatic imine (C=N–C) groups is 1. The van der Waals surface area contributed by atoms with Crippen molar-refractivity contribution in [3.8, 4) is 0 Å². The van der Waals surface area contributed by atoms with Gasteiger partial charge in [0.2, 0.25) is 0 Å². The normalized spacial score (nSPS) is 12.2. The predicted molar refractivity (Wildman–Crippen MR) is 91.2 cm³/mol. The summed E-state index contributed by atoms with van der Waals surface area (Å²) >= 11 is 0. The van der Waals surface area contributed by atoms with Crippen molar-refractivity contribution in [2.24, 2.45) is 4.99 Å². The van der Waals surface area contributed by atoms with Crippen molar-refractivity contribution >= 4 is 5.96 Å². The molecule has 3 nitrogen and oxygen atoms in total. The molecule has 0 atom stereocenters. The highest BCUT2D eigenvalue weighted by Crippen LogP contribution is 2.17. The lowest BCUT2D eigenvalue weighted by Crippen LogP contribution is -3.00. The van der Waals surface area contributed by atoms with Crippen LogP contribution < -0.4 is 12.4 Å². The first-order valence-electron chi connectivity index (χ1n) is 8.81. The zero-order valence-corrected chi connectivity index (χ0v) is 16.0. The van der Waals surface area contributed by atoms with Gasteiger partial charge in [0.25, 0.3) is 5.96 Å². The summed E-state index contributed by atoms with van der Waals surface area (Å²) in [5, 5.41) is 0. The zero-order chi connectivity index (χ0) is 15.4. The van der Waals surface area contributed by atoms with Crippen molar-refractivity contribution in [3.05, 3.63) is 0 Å². The average molecular weight is 320 g/mol. The largest absolute Gasteiger partial charge is 1.00 e. The van der Waals surface area contributed by atoms with E-state index in [-0.39, 0.29) is 12.4 Å². The minimum absolute atomic E-state index is 0. The summed E-state index contributed by atoms with van der Waals surface area (Å²) < 4.78 is 1.08. The first kappa shape index (κ1) is 23.0. The molecule has 0 N–H and O–H groups in total. The Morgan fingerprint density at radius 2 is 1.33 bits per heavy atom. The molecule has 0 radical (unpaired) electrons. The van der Waals surface area contributed by atoms with E-state index in [1.165, 1.54) is 44.7 Å². The average Bonchev–Trinajstić information content (AvgIpc) is 2.49. The van der Waals surface area contributed by atoms with Gasteiger partial charge in [0.05, 0.1) is 19.6 Å². The van der Waals surface area contributed by atoms with Gasteiger partial charge in [-0.15, -0.1) is 0 Å². The number of nitrogens with zero attached hydrogens (tertiary/aromatic N) is 3. The molecule has 0 fully saturated rings. The van der Waals surface area contributed by atoms with Crippen LogP contribution in [-0.4, -0.2) is 54.6 Å². The Bertz CT molecular complexity index is 255. The van der Waals surface area contributed by atoms with E-state index in [9.17, 15) is 0 Å². The molecular weight excluding hydrogens is 282 g/mol. The lowest BCUT2D eigenvalue weighted by molar-refractivity contribution is -0.846. The standard InChI is InChI=1S/C17H38N3.ClH/c1-7-13-15-20(12-6,16-14-8-2)17(18-9-3)19(10-4)11-5;/h7-16H2,1-6H3;1H/q+1;/p-1. The fourth-order valence-corrected chi connectivity index (χ4v) is 2.89. The molecule has 128 valence electrons. The summed E-state index contributed by atoms with van der Waals surface area (Å²) in [7, 11) is 0. The summed E-state index contributed by atoms with van der Waals surface area (Å²) in [6.45, 7) is 20.2. The number of hydrogen-bond acceptors (Lipinski definition) is 1. The Labute approximate surface area is 139 Å². The van der Waals surface area contributed by atoms with E-state index in [1.54, 1.807) is 0 Å². The van der Waals surface area contributed by atoms with E-state index >= 15 is 0 Å². The van der Waals surface area contributed by atoms with Crippen LogP contribution in [0.25, 0.3) is 0 Å². The molecule has 0 aliphatic rings. The van der Waals surface area contributed by atoms with E-state index < -0.39 is 0 Å². The first-order chi connectivity index (χ1) is 9.65. The highest BCUT2D eigenvalue weighted by Gasteiger charge is 2.34. The Morgan fingerprint density at radius 1 is 0.857 bits per heavy atom. The Hall–Kier alpha value is -0.280. The molecule has 0 aromatic heterocycles. The van der Waals surface area contributed by atoms with Gasteiger partial charge in [0.15, 0.2) is 0 Å². The monoisotopic (exact) mass is 319 g/mol. The minimum Gasteiger partial charge on any atom is -1.00 e. The zero-order valence-electron chi connectivity index (χ0n) is 15.3. The van der Waals surface area contributed by atoms with Gasteiger partial charge in [-0.1, -0.05) is 26.7 Å². The van der Waals surface area contributed by atoms with Crippen molar-refractivity contribution in [1.29, 1.82) is 0 Å². The molecule has 4 heteroatoms. The third kappa shape index (κ3) is 7.01. The van der Waals surface area contributed by atoms with Crippen LogP contribution in [0.4, 0.5) is 0 Å². The van der Waals surface area contributed by atoms with Crippen LogP contribution in [0.3, 0.4) is 0 Å². The minimum atomic E-state index is 0. The maximum atomic E-state index is 4.93. The molecule has 0 aliphatic carbocycles. The molecule has 0 aliphatic heterocycles. The molecule has 0 saturated carbocycles. The van der Waals surface area contributed by atoms with Gasteiger partial charge in [-0.25, -0.2) is 4.99 Å². The molecule has 0 amide bonds. The third-order valence-electron chi connectivity index (χ3n) is 4.25. The molecule has 0 unspecified atom stereocenters. The molecule has 0 heterocycles. The second-order valence-corrected chi connectivity index (χ2v) is 5.56. The molecule has 0 rings (SSSR count). The van der Waals surface area contributed by atoms with E-state index in [2.05, 4.69) is 46.4 Å². The summed E-state index contributed by atoms with van der Waals surface area (Å²) in [5.74, 6) is 1.34. The maximum Gasteiger partial charge on any atom is 0.300 e. The van der Waals surface area contributed by atoms with E-state index in [0.29, 0.717) is 0 Å². The van der Waals surface area contributed by atoms with E-state index in [1.807, 2.05) is 0 Å². The van der Waals surface area contributed by atoms with Crippen molar-refractivity contribution in [2.45, 2.75) is 67.2 Å². The van der Waals surface area contributed by atoms with Gasteiger partial charge >= 0.3 is 0 Å². The topological polar surface area (TPSA) is 15.6 Å². The smallest absolute Gasteiger partial charge is 0.300 e. The number of rotatable bonds is 10. The predicted octanol–water partition coefficient (Wildman–Crippen LogP) is 1.15. The second-order valence-electron chi connectivity index (χ2n) is 5.56. The van der Waals surface area contributed by atoms with Gasteiger partial charge in [-0.3, -0.25) is 4.48 Å². The van der Waals surface area contributed by atoms with Gasteiger partial charge in [-0.2, -0.15) is 0 Å². The van der Waals surface area contributed by atoms with Crippen LogP contribution in [0.1, 0.15) is 67.2 Å². The van der Waals surface area contributed by atoms with Gasteiger partial charge in [0, 0.05) is 19.6 Å². The lowest BCUT2D eigenvalue weighted by Gasteiger charge is -2.41. The van der Waals surface area contributed by atoms with Gasteiger partial charge in [0.1, 0.15) is 0 Å². The molecule has 0 bridgehead atoms. The van der Waals surface area contributed by atoms with E-state index in [0.717, 1.165) is 30.7 Å². The molecule has 0 aromatic rings. The molecule has 0 saturated heterocycles. The van der Waals surface area contributed by atoms with Crippen molar-refractivity contribution in [3.63, 3.8) is 0 Å². The lowest BCUT2D eigenvalue weighted by atomic mass is 10.2. The molecule has 21 heavy (non-hydrogen) atoms. The number of unbranched alkanes of at least 4 members (excludes halogenated alkanes) is 2. The Kier molecular flexibility index (Phi) is 14.7. The molecule has 0 spiro atoms. The summed E-state index contributed by atoms with van der Waals surface area (Å²) in [6, 6.07) is 0. The summed E-state index contributed by atoms with van der Waals surface area (Å²) in [5.41, 5.74) is 0. The Balaban J connectivity index is 0. The third-order valence-corrected chi connectivity index (χ3v) is 4.25. The highest BCUT2D eigenvalue weighted by atomic mass is 35.5. The van der Waals surface area contributed by atoms with Crippen LogP contribution in [-0.2, 0) is 0 Å². The maximum absolute atomic E-state index is 4.93. The van der Waals surface area contributed by atoms with E-state index in [4.69, 9.17) is 4.99 Å². The fraction of sp³-hybridized carbons (Fsp3) is 0.941. The van der Waals surface area contributed by atoms with Crippen molar-refractivity contribution in [2.75, 3.05) is 39.3 Å². The van der Waals surface area contributed by atoms with Crippen molar-refractivity contribution in [1.82, 2.24) is 4.90 Å². The summed E-state index contributed by atoms with van der Waals surface area (Å²) in [4.78, 5) is 7.40. The van der Waals surface area contributed by atoms with Crippen LogP contribution >= 0.6 is 0 Å². The van der Waals surface area contributed by atoms with Crippen molar-refractivity contribution < 1.29 is 16.9 Å². The van der Waals surface area contributed by atoms with Crippen LogP contribution in [0.15, 0.2) is 4.99 Å². The Morgan fingerprint density at radius 3 is 1.62 bits per heavy atom. The number of hydrogen-bond donors (Lipinski definition) is 0. The highest BCUT2D eigenvalue weighted by molar-refractivity contribution is 5.73. The van der Waals surface area contributed by atoms with Crippen LogP contribution in [0.2, 0.25) is 0 Å². The summed E-state index contributed by atoms with van der Waals surface area (Å²) in [6.07, 6.45) is 5.12. The van der Waals surface area contributed by atoms with Gasteiger partial charge < -0.3 is 17.3 Å². The molecule has 0 aromatic carbocycles. The van der Waals surface area contributed by atoms with Crippen LogP contribution in [0, 0.1) is 0 Å². The number of halogens is 1.